The van der Waals surface area contributed by atoms with Crippen molar-refractivity contribution in [3.8, 4) is 0 Å². The molecule has 41 heavy (non-hydrogen) atoms. The number of carbonyl (C=O) groups excluding carboxylic acids is 2. The second-order valence-electron chi connectivity index (χ2n) is 10.6. The number of nitrogens with zero attached hydrogens (tertiary/aromatic N) is 2. The van der Waals surface area contributed by atoms with E-state index < -0.39 is 50.2 Å². The number of nitrogens with one attached hydrogen (secondary N) is 2. The van der Waals surface area contributed by atoms with Crippen LogP contribution in [0.15, 0.2) is 51.8 Å². The van der Waals surface area contributed by atoms with Crippen molar-refractivity contribution in [3.05, 3.63) is 53.8 Å². The summed E-state index contributed by atoms with van der Waals surface area (Å²) in [5.41, 5.74) is 0.863. The average molecular weight is 607 g/mol. The van der Waals surface area contributed by atoms with E-state index in [1.807, 2.05) is 0 Å². The Kier molecular flexibility index (Phi) is 7.81. The van der Waals surface area contributed by atoms with Gasteiger partial charge in [0.15, 0.2) is 0 Å². The highest BCUT2D eigenvalue weighted by molar-refractivity contribution is 7.92. The summed E-state index contributed by atoms with van der Waals surface area (Å²) in [5.74, 6) is -1.68. The van der Waals surface area contributed by atoms with Crippen molar-refractivity contribution in [2.45, 2.75) is 50.1 Å². The fourth-order valence-corrected chi connectivity index (χ4v) is 7.96. The molecule has 2 aromatic carbocycles. The van der Waals surface area contributed by atoms with E-state index in [0.717, 1.165) is 31.6 Å². The Morgan fingerprint density at radius 3 is 2.54 bits per heavy atom. The highest BCUT2D eigenvalue weighted by Gasteiger charge is 2.54. The molecular formula is C27H31FN4O7S2. The van der Waals surface area contributed by atoms with Crippen LogP contribution in [-0.4, -0.2) is 58.4 Å². The van der Waals surface area contributed by atoms with Crippen LogP contribution in [0, 0.1) is 23.6 Å². The lowest BCUT2D eigenvalue weighted by Crippen LogP contribution is -2.50. The normalized spacial score (nSPS) is 24.1. The molecule has 2 bridgehead atoms. The first-order valence-electron chi connectivity index (χ1n) is 13.3. The van der Waals surface area contributed by atoms with E-state index in [1.165, 1.54) is 24.3 Å². The summed E-state index contributed by atoms with van der Waals surface area (Å²) in [6.07, 6.45) is 3.05. The average Bonchev–Trinajstić information content (AvgIpc) is 3.50. The number of amidine groups is 1. The molecule has 0 aromatic heterocycles. The molecule has 0 radical (unpaired) electrons. The van der Waals surface area contributed by atoms with E-state index in [9.17, 15) is 30.8 Å². The van der Waals surface area contributed by atoms with Crippen LogP contribution in [0.4, 0.5) is 15.8 Å². The molecule has 1 aliphatic heterocycles. The minimum Gasteiger partial charge on any atom is -0.466 e. The predicted octanol–water partition coefficient (Wildman–Crippen LogP) is 3.11. The predicted molar refractivity (Wildman–Crippen MR) is 149 cm³/mol. The van der Waals surface area contributed by atoms with Crippen molar-refractivity contribution in [1.29, 1.82) is 0 Å². The molecule has 14 heteroatoms. The number of benzene rings is 2. The summed E-state index contributed by atoms with van der Waals surface area (Å²) >= 11 is 0. The maximum absolute atomic E-state index is 13.9. The van der Waals surface area contributed by atoms with Gasteiger partial charge in [-0.25, -0.2) is 12.8 Å². The third kappa shape index (κ3) is 6.22. The molecule has 0 saturated heterocycles. The lowest BCUT2D eigenvalue weighted by atomic mass is 9.83. The third-order valence-electron chi connectivity index (χ3n) is 7.77. The molecule has 11 nitrogen and oxygen atoms in total. The van der Waals surface area contributed by atoms with Crippen LogP contribution < -0.4 is 10.0 Å². The quantitative estimate of drug-likeness (QED) is 0.413. The summed E-state index contributed by atoms with van der Waals surface area (Å²) < 4.78 is 74.2. The van der Waals surface area contributed by atoms with Crippen LogP contribution in [0.5, 0.6) is 0 Å². The van der Waals surface area contributed by atoms with E-state index in [2.05, 4.69) is 14.4 Å². The first-order valence-corrected chi connectivity index (χ1v) is 16.6. The zero-order valence-corrected chi connectivity index (χ0v) is 24.2. The molecule has 2 fully saturated rings. The van der Waals surface area contributed by atoms with Crippen molar-refractivity contribution >= 4 is 49.1 Å². The number of ether oxygens (including phenoxy) is 1. The molecule has 1 heterocycles. The Morgan fingerprint density at radius 2 is 1.85 bits per heavy atom. The number of fused-ring (bicyclic) bond motifs is 3. The second kappa shape index (κ2) is 11.0. The van der Waals surface area contributed by atoms with Crippen LogP contribution in [-0.2, 0) is 40.9 Å². The van der Waals surface area contributed by atoms with E-state index >= 15 is 0 Å². The second-order valence-corrected chi connectivity index (χ2v) is 14.0. The maximum atomic E-state index is 13.9. The third-order valence-corrected chi connectivity index (χ3v) is 9.73. The number of sulfonamides is 2. The Hall–Kier alpha value is -3.52. The maximum Gasteiger partial charge on any atom is 0.311 e. The number of rotatable bonds is 9. The van der Waals surface area contributed by atoms with Gasteiger partial charge in [-0.05, 0) is 73.9 Å². The molecule has 3 aliphatic rings. The van der Waals surface area contributed by atoms with Gasteiger partial charge in [-0.3, -0.25) is 14.3 Å². The summed E-state index contributed by atoms with van der Waals surface area (Å²) in [4.78, 5) is 28.3. The number of anilines is 2. The largest absolute Gasteiger partial charge is 0.466 e. The Labute approximate surface area is 238 Å². The van der Waals surface area contributed by atoms with Gasteiger partial charge in [-0.15, -0.1) is 4.40 Å². The van der Waals surface area contributed by atoms with Gasteiger partial charge in [0.1, 0.15) is 16.5 Å². The van der Waals surface area contributed by atoms with Gasteiger partial charge in [-0.2, -0.15) is 8.42 Å². The van der Waals surface area contributed by atoms with E-state index in [0.29, 0.717) is 5.56 Å². The topological polar surface area (TPSA) is 151 Å². The molecule has 2 aliphatic carbocycles. The number of hydrogen-bond donors (Lipinski definition) is 2. The molecule has 0 spiro atoms. The summed E-state index contributed by atoms with van der Waals surface area (Å²) in [6.45, 7) is 2.04. The van der Waals surface area contributed by atoms with Gasteiger partial charge in [0.05, 0.1) is 30.9 Å². The van der Waals surface area contributed by atoms with Gasteiger partial charge in [0.2, 0.25) is 15.9 Å². The lowest BCUT2D eigenvalue weighted by Gasteiger charge is -2.39. The number of hydrogen-bond acceptors (Lipinski definition) is 8. The van der Waals surface area contributed by atoms with Gasteiger partial charge >= 0.3 is 5.97 Å². The Bertz CT molecular complexity index is 1610. The smallest absolute Gasteiger partial charge is 0.311 e. The van der Waals surface area contributed by atoms with E-state index in [1.54, 1.807) is 24.0 Å². The van der Waals surface area contributed by atoms with Crippen molar-refractivity contribution in [1.82, 2.24) is 4.90 Å². The van der Waals surface area contributed by atoms with Gasteiger partial charge in [0.25, 0.3) is 10.0 Å². The fraction of sp³-hybridized carbons (Fsp3) is 0.444. The van der Waals surface area contributed by atoms with Crippen molar-refractivity contribution < 1.29 is 35.6 Å². The Morgan fingerprint density at radius 1 is 1.15 bits per heavy atom. The van der Waals surface area contributed by atoms with Crippen LogP contribution in [0.1, 0.15) is 38.2 Å². The standard InChI is InChI=1S/C27H31FN4O7S2/c1-3-39-27(34)25-17-6-7-18(12-17)26(25)32(15-16-4-8-19(28)9-5-16)24(33)14-23-29-21-11-10-20(30-40(2,35)36)13-22(21)41(37,38)31-23/h4-5,8-11,13,17-18,25-26,30H,3,6-7,12,14-15H2,1-2H3,(H,29,31)/t17-,18+,25+,26-/m0/s1. The molecule has 2 aromatic rings. The molecule has 220 valence electrons. The van der Waals surface area contributed by atoms with Gasteiger partial charge in [0, 0.05) is 18.3 Å². The SMILES string of the molecule is CCOC(=O)[C@@H]1[C@H]2CC[C@H](C2)[C@@H]1N(Cc1ccc(F)cc1)C(=O)CC1=NS(=O)(=O)c2cc(NS(C)(=O)=O)ccc2N1. The van der Waals surface area contributed by atoms with Gasteiger partial charge in [-0.1, -0.05) is 12.1 Å². The molecule has 0 unspecified atom stereocenters. The number of esters is 1. The minimum absolute atomic E-state index is 0.0538. The van der Waals surface area contributed by atoms with Crippen LogP contribution >= 0.6 is 0 Å². The first kappa shape index (κ1) is 29.0. The summed E-state index contributed by atoms with van der Waals surface area (Å²) in [7, 11) is -7.90. The molecule has 5 rings (SSSR count). The van der Waals surface area contributed by atoms with Crippen molar-refractivity contribution in [2.24, 2.45) is 22.2 Å². The number of halogens is 1. The Balaban J connectivity index is 1.44. The van der Waals surface area contributed by atoms with Crippen LogP contribution in [0.25, 0.3) is 0 Å². The number of amides is 1. The lowest BCUT2D eigenvalue weighted by molar-refractivity contribution is -0.154. The molecule has 2 N–H and O–H groups in total. The van der Waals surface area contributed by atoms with Gasteiger partial charge < -0.3 is 15.0 Å². The van der Waals surface area contributed by atoms with Crippen LogP contribution in [0.2, 0.25) is 0 Å². The number of carbonyl (C=O) groups is 2. The zero-order chi connectivity index (χ0) is 29.5. The molecule has 4 atom stereocenters. The monoisotopic (exact) mass is 606 g/mol. The van der Waals surface area contributed by atoms with E-state index in [-0.39, 0.29) is 53.1 Å². The van der Waals surface area contributed by atoms with Crippen molar-refractivity contribution in [2.75, 3.05) is 22.9 Å². The summed E-state index contributed by atoms with van der Waals surface area (Å²) in [5, 5.41) is 2.88. The summed E-state index contributed by atoms with van der Waals surface area (Å²) in [6, 6.07) is 9.22. The zero-order valence-electron chi connectivity index (χ0n) is 22.5. The van der Waals surface area contributed by atoms with Crippen molar-refractivity contribution in [3.63, 3.8) is 0 Å². The first-order chi connectivity index (χ1) is 19.3. The highest BCUT2D eigenvalue weighted by Crippen LogP contribution is 2.51. The molecule has 2 saturated carbocycles. The fourth-order valence-electron chi connectivity index (χ4n) is 6.24. The van der Waals surface area contributed by atoms with Crippen LogP contribution in [0.3, 0.4) is 0 Å². The minimum atomic E-state index is -4.26. The highest BCUT2D eigenvalue weighted by atomic mass is 32.2. The van der Waals surface area contributed by atoms with E-state index in [4.69, 9.17) is 4.74 Å². The molecule has 1 amide bonds. The molecular weight excluding hydrogens is 575 g/mol.